The number of carbonyl (C=O) groups is 1. The Balaban J connectivity index is 1.91. The van der Waals surface area contributed by atoms with Gasteiger partial charge in [-0.2, -0.15) is 0 Å². The van der Waals surface area contributed by atoms with E-state index in [1.54, 1.807) is 11.3 Å². The monoisotopic (exact) mass is 345 g/mol. The van der Waals surface area contributed by atoms with Gasteiger partial charge in [-0.05, 0) is 43.9 Å². The minimum absolute atomic E-state index is 0.0286. The molecule has 0 fully saturated rings. The Bertz CT molecular complexity index is 667. The highest BCUT2D eigenvalue weighted by atomic mass is 32.1. The van der Waals surface area contributed by atoms with E-state index in [1.807, 2.05) is 18.2 Å². The molecule has 0 atom stereocenters. The van der Waals surface area contributed by atoms with Crippen molar-refractivity contribution in [3.05, 3.63) is 51.9 Å². The molecule has 0 aliphatic rings. The summed E-state index contributed by atoms with van der Waals surface area (Å²) >= 11 is 1.64. The molecule has 0 aliphatic carbocycles. The molecule has 1 aromatic carbocycles. The lowest BCUT2D eigenvalue weighted by atomic mass is 10.1. The first-order chi connectivity index (χ1) is 11.5. The Morgan fingerprint density at radius 2 is 1.83 bits per heavy atom. The Morgan fingerprint density at radius 3 is 2.42 bits per heavy atom. The molecule has 2 rings (SSSR count). The molecule has 24 heavy (non-hydrogen) atoms. The van der Waals surface area contributed by atoms with Crippen LogP contribution >= 0.6 is 11.3 Å². The van der Waals surface area contributed by atoms with E-state index >= 15 is 0 Å². The lowest BCUT2D eigenvalue weighted by Crippen LogP contribution is -2.37. The number of nitrogens with two attached hydrogens (primary N) is 1. The van der Waals surface area contributed by atoms with Gasteiger partial charge in [0.25, 0.3) is 0 Å². The van der Waals surface area contributed by atoms with E-state index in [0.717, 1.165) is 24.5 Å². The zero-order valence-electron chi connectivity index (χ0n) is 14.8. The van der Waals surface area contributed by atoms with Gasteiger partial charge in [-0.3, -0.25) is 9.69 Å². The van der Waals surface area contributed by atoms with E-state index in [9.17, 15) is 4.79 Å². The SMILES string of the molecule is Cc1sc(NC(=O)CN(CCN)CCc2ccccc2)c(C)c1C. The number of hydrogen-bond donors (Lipinski definition) is 2. The first-order valence-corrected chi connectivity index (χ1v) is 9.15. The van der Waals surface area contributed by atoms with Crippen LogP contribution in [0.5, 0.6) is 0 Å². The molecule has 1 heterocycles. The maximum atomic E-state index is 12.4. The van der Waals surface area contributed by atoms with Crippen LogP contribution < -0.4 is 11.1 Å². The number of thiophene rings is 1. The van der Waals surface area contributed by atoms with Gasteiger partial charge < -0.3 is 11.1 Å². The van der Waals surface area contributed by atoms with E-state index in [4.69, 9.17) is 5.73 Å². The van der Waals surface area contributed by atoms with Gasteiger partial charge in [-0.15, -0.1) is 11.3 Å². The highest BCUT2D eigenvalue weighted by Crippen LogP contribution is 2.31. The summed E-state index contributed by atoms with van der Waals surface area (Å²) < 4.78 is 0. The summed E-state index contributed by atoms with van der Waals surface area (Å²) in [6, 6.07) is 10.3. The summed E-state index contributed by atoms with van der Waals surface area (Å²) in [7, 11) is 0. The molecule has 2 aromatic rings. The number of nitrogens with one attached hydrogen (secondary N) is 1. The number of rotatable bonds is 8. The zero-order valence-corrected chi connectivity index (χ0v) is 15.6. The first-order valence-electron chi connectivity index (χ1n) is 8.34. The van der Waals surface area contributed by atoms with Gasteiger partial charge in [-0.1, -0.05) is 30.3 Å². The molecule has 1 aromatic heterocycles. The predicted octanol–water partition coefficient (Wildman–Crippen LogP) is 3.12. The quantitative estimate of drug-likeness (QED) is 0.773. The zero-order chi connectivity index (χ0) is 17.5. The second-order valence-corrected chi connectivity index (χ2v) is 7.31. The molecule has 0 bridgehead atoms. The second-order valence-electron chi connectivity index (χ2n) is 6.09. The smallest absolute Gasteiger partial charge is 0.239 e. The van der Waals surface area contributed by atoms with Crippen molar-refractivity contribution in [2.45, 2.75) is 27.2 Å². The van der Waals surface area contributed by atoms with Gasteiger partial charge in [0.2, 0.25) is 5.91 Å². The van der Waals surface area contributed by atoms with Crippen LogP contribution in [0.4, 0.5) is 5.00 Å². The van der Waals surface area contributed by atoms with E-state index in [0.29, 0.717) is 13.1 Å². The number of amides is 1. The standard InChI is InChI=1S/C19H27N3OS/c1-14-15(2)19(24-16(14)3)21-18(23)13-22(12-10-20)11-9-17-7-5-4-6-8-17/h4-8H,9-13,20H2,1-3H3,(H,21,23). The topological polar surface area (TPSA) is 58.4 Å². The molecule has 0 radical (unpaired) electrons. The van der Waals surface area contributed by atoms with Crippen molar-refractivity contribution in [1.29, 1.82) is 0 Å². The van der Waals surface area contributed by atoms with Crippen molar-refractivity contribution >= 4 is 22.2 Å². The molecule has 0 saturated heterocycles. The molecule has 0 unspecified atom stereocenters. The molecule has 0 saturated carbocycles. The van der Waals surface area contributed by atoms with Crippen LogP contribution in [-0.2, 0) is 11.2 Å². The molecule has 1 amide bonds. The van der Waals surface area contributed by atoms with Crippen LogP contribution in [0.1, 0.15) is 21.6 Å². The summed E-state index contributed by atoms with van der Waals surface area (Å²) in [5.41, 5.74) is 9.41. The predicted molar refractivity (Wildman–Crippen MR) is 103 cm³/mol. The average molecular weight is 346 g/mol. The summed E-state index contributed by atoms with van der Waals surface area (Å²) in [6.07, 6.45) is 0.921. The van der Waals surface area contributed by atoms with Gasteiger partial charge in [0.15, 0.2) is 0 Å². The van der Waals surface area contributed by atoms with Gasteiger partial charge in [-0.25, -0.2) is 0 Å². The van der Waals surface area contributed by atoms with Crippen LogP contribution in [0.3, 0.4) is 0 Å². The van der Waals surface area contributed by atoms with Gasteiger partial charge >= 0.3 is 0 Å². The third-order valence-electron chi connectivity index (χ3n) is 4.31. The van der Waals surface area contributed by atoms with Crippen molar-refractivity contribution in [2.24, 2.45) is 5.73 Å². The fourth-order valence-electron chi connectivity index (χ4n) is 2.61. The molecule has 0 aliphatic heterocycles. The Kier molecular flexibility index (Phi) is 6.97. The molecule has 3 N–H and O–H groups in total. The maximum Gasteiger partial charge on any atom is 0.239 e. The van der Waals surface area contributed by atoms with Crippen LogP contribution in [0.15, 0.2) is 30.3 Å². The van der Waals surface area contributed by atoms with E-state index < -0.39 is 0 Å². The summed E-state index contributed by atoms with van der Waals surface area (Å²) in [6.45, 7) is 8.72. The molecular weight excluding hydrogens is 318 g/mol. The number of aryl methyl sites for hydroxylation is 1. The highest BCUT2D eigenvalue weighted by Gasteiger charge is 2.14. The minimum Gasteiger partial charge on any atom is -0.329 e. The number of anilines is 1. The van der Waals surface area contributed by atoms with Crippen molar-refractivity contribution in [2.75, 3.05) is 31.5 Å². The van der Waals surface area contributed by atoms with Crippen molar-refractivity contribution in [1.82, 2.24) is 4.90 Å². The lowest BCUT2D eigenvalue weighted by Gasteiger charge is -2.21. The van der Waals surface area contributed by atoms with E-state index in [1.165, 1.54) is 21.6 Å². The van der Waals surface area contributed by atoms with Crippen molar-refractivity contribution in [3.63, 3.8) is 0 Å². The van der Waals surface area contributed by atoms with Gasteiger partial charge in [0.05, 0.1) is 11.5 Å². The van der Waals surface area contributed by atoms with Crippen LogP contribution in [0.2, 0.25) is 0 Å². The Labute approximate surface area is 148 Å². The maximum absolute atomic E-state index is 12.4. The van der Waals surface area contributed by atoms with Gasteiger partial charge in [0.1, 0.15) is 0 Å². The first kappa shape index (κ1) is 18.6. The van der Waals surface area contributed by atoms with Crippen LogP contribution in [0, 0.1) is 20.8 Å². The minimum atomic E-state index is 0.0286. The fourth-order valence-corrected chi connectivity index (χ4v) is 3.70. The van der Waals surface area contributed by atoms with Crippen LogP contribution in [0.25, 0.3) is 0 Å². The van der Waals surface area contributed by atoms with Crippen LogP contribution in [-0.4, -0.2) is 37.0 Å². The van der Waals surface area contributed by atoms with Crippen molar-refractivity contribution in [3.8, 4) is 0 Å². The van der Waals surface area contributed by atoms with Crippen molar-refractivity contribution < 1.29 is 4.79 Å². The largest absolute Gasteiger partial charge is 0.329 e. The summed E-state index contributed by atoms with van der Waals surface area (Å²) in [5, 5.41) is 4.02. The third-order valence-corrected chi connectivity index (χ3v) is 5.54. The highest BCUT2D eigenvalue weighted by molar-refractivity contribution is 7.16. The normalized spacial score (nSPS) is 11.0. The fraction of sp³-hybridized carbons (Fsp3) is 0.421. The molecule has 0 spiro atoms. The Hall–Kier alpha value is -1.69. The third kappa shape index (κ3) is 5.16. The number of hydrogen-bond acceptors (Lipinski definition) is 4. The van der Waals surface area contributed by atoms with E-state index in [2.05, 4.69) is 43.1 Å². The summed E-state index contributed by atoms with van der Waals surface area (Å²) in [4.78, 5) is 15.8. The second kappa shape index (κ2) is 8.97. The summed E-state index contributed by atoms with van der Waals surface area (Å²) in [5.74, 6) is 0.0286. The lowest BCUT2D eigenvalue weighted by molar-refractivity contribution is -0.117. The number of nitrogens with zero attached hydrogens (tertiary/aromatic N) is 1. The average Bonchev–Trinajstić information content (AvgIpc) is 2.81. The molecular formula is C19H27N3OS. The molecule has 130 valence electrons. The van der Waals surface area contributed by atoms with Gasteiger partial charge in [0, 0.05) is 24.5 Å². The number of carbonyl (C=O) groups excluding carboxylic acids is 1. The molecule has 4 nitrogen and oxygen atoms in total. The Morgan fingerprint density at radius 1 is 1.12 bits per heavy atom. The van der Waals surface area contributed by atoms with E-state index in [-0.39, 0.29) is 5.91 Å². The number of benzene rings is 1. The molecule has 5 heteroatoms.